The van der Waals surface area contributed by atoms with E-state index in [1.54, 1.807) is 0 Å². The molecule has 0 saturated heterocycles. The molecule has 0 fully saturated rings. The van der Waals surface area contributed by atoms with Crippen LogP contribution in [0.15, 0.2) is 12.7 Å². The van der Waals surface area contributed by atoms with Crippen molar-refractivity contribution in [3.8, 4) is 0 Å². The molecule has 0 aromatic carbocycles. The fourth-order valence-electron chi connectivity index (χ4n) is 2.33. The molecule has 1 unspecified atom stereocenters. The SMILES string of the molecule is C=CCC(OC(C)=O)[C@H](OC(C)=O)[C@H](OC(C)=O)[C@@H](COC(C)=O)OC(C)=O. The van der Waals surface area contributed by atoms with Crippen molar-refractivity contribution in [2.45, 2.75) is 65.5 Å². The number of hydrogen-bond acceptors (Lipinski definition) is 10. The summed E-state index contributed by atoms with van der Waals surface area (Å²) in [6.45, 7) is 8.63. The van der Waals surface area contributed by atoms with E-state index >= 15 is 0 Å². The van der Waals surface area contributed by atoms with E-state index in [4.69, 9.17) is 23.7 Å². The smallest absolute Gasteiger partial charge is 0.303 e. The first-order chi connectivity index (χ1) is 13.0. The molecule has 0 N–H and O–H groups in total. The fraction of sp³-hybridized carbons (Fsp3) is 0.611. The van der Waals surface area contributed by atoms with Gasteiger partial charge in [0.15, 0.2) is 18.3 Å². The largest absolute Gasteiger partial charge is 0.462 e. The predicted octanol–water partition coefficient (Wildman–Crippen LogP) is 0.852. The van der Waals surface area contributed by atoms with Crippen LogP contribution >= 0.6 is 0 Å². The van der Waals surface area contributed by atoms with Gasteiger partial charge in [-0.3, -0.25) is 24.0 Å². The molecule has 28 heavy (non-hydrogen) atoms. The normalized spacial score (nSPS) is 14.5. The summed E-state index contributed by atoms with van der Waals surface area (Å²) in [7, 11) is 0. The minimum Gasteiger partial charge on any atom is -0.462 e. The lowest BCUT2D eigenvalue weighted by Crippen LogP contribution is -2.52. The van der Waals surface area contributed by atoms with Gasteiger partial charge in [0.1, 0.15) is 12.7 Å². The lowest BCUT2D eigenvalue weighted by Gasteiger charge is -2.35. The molecule has 0 spiro atoms. The van der Waals surface area contributed by atoms with E-state index in [0.717, 1.165) is 34.6 Å². The van der Waals surface area contributed by atoms with Crippen LogP contribution in [0.3, 0.4) is 0 Å². The zero-order valence-corrected chi connectivity index (χ0v) is 16.6. The molecule has 0 aromatic heterocycles. The molecule has 0 aliphatic heterocycles. The van der Waals surface area contributed by atoms with E-state index in [2.05, 4.69) is 6.58 Å². The highest BCUT2D eigenvalue weighted by atomic mass is 16.6. The zero-order chi connectivity index (χ0) is 21.9. The van der Waals surface area contributed by atoms with Crippen molar-refractivity contribution < 1.29 is 47.7 Å². The second-order valence-electron chi connectivity index (χ2n) is 5.77. The molecule has 0 amide bonds. The standard InChI is InChI=1S/C18H26O10/c1-7-8-15(25-11(3)20)17(27-13(5)22)18(28-14(6)23)16(26-12(4)21)9-24-10(2)19/h7,15-18H,1,8-9H2,2-6H3/t15?,16-,17+,18-/m1/s1. The van der Waals surface area contributed by atoms with Crippen LogP contribution in [-0.4, -0.2) is 60.9 Å². The van der Waals surface area contributed by atoms with Crippen molar-refractivity contribution >= 4 is 29.8 Å². The molecule has 0 aliphatic carbocycles. The maximum atomic E-state index is 11.6. The molecular weight excluding hydrogens is 376 g/mol. The van der Waals surface area contributed by atoms with Gasteiger partial charge in [-0.05, 0) is 0 Å². The maximum absolute atomic E-state index is 11.6. The molecule has 0 saturated carbocycles. The molecule has 10 nitrogen and oxygen atoms in total. The van der Waals surface area contributed by atoms with Gasteiger partial charge in [0.25, 0.3) is 0 Å². The Kier molecular flexibility index (Phi) is 11.2. The Morgan fingerprint density at radius 3 is 1.43 bits per heavy atom. The zero-order valence-electron chi connectivity index (χ0n) is 16.6. The van der Waals surface area contributed by atoms with Crippen LogP contribution in [0.1, 0.15) is 41.0 Å². The van der Waals surface area contributed by atoms with Gasteiger partial charge in [0, 0.05) is 41.0 Å². The second kappa shape index (κ2) is 12.5. The summed E-state index contributed by atoms with van der Waals surface area (Å²) in [6.07, 6.45) is -3.76. The van der Waals surface area contributed by atoms with Gasteiger partial charge < -0.3 is 23.7 Å². The van der Waals surface area contributed by atoms with E-state index in [1.165, 1.54) is 6.08 Å². The third kappa shape index (κ3) is 10.3. The van der Waals surface area contributed by atoms with Gasteiger partial charge in [-0.25, -0.2) is 0 Å². The number of carbonyl (C=O) groups is 5. The van der Waals surface area contributed by atoms with Crippen LogP contribution in [0.2, 0.25) is 0 Å². The van der Waals surface area contributed by atoms with Crippen LogP contribution < -0.4 is 0 Å². The second-order valence-corrected chi connectivity index (χ2v) is 5.77. The van der Waals surface area contributed by atoms with Crippen molar-refractivity contribution in [1.29, 1.82) is 0 Å². The molecule has 0 radical (unpaired) electrons. The van der Waals surface area contributed by atoms with Crippen LogP contribution in [-0.2, 0) is 47.7 Å². The third-order valence-corrected chi connectivity index (χ3v) is 3.15. The van der Waals surface area contributed by atoms with Gasteiger partial charge >= 0.3 is 29.8 Å². The minimum atomic E-state index is -1.42. The highest BCUT2D eigenvalue weighted by Gasteiger charge is 2.43. The number of carbonyl (C=O) groups excluding carboxylic acids is 5. The van der Waals surface area contributed by atoms with Crippen LogP contribution in [0.25, 0.3) is 0 Å². The monoisotopic (exact) mass is 402 g/mol. The lowest BCUT2D eigenvalue weighted by molar-refractivity contribution is -0.202. The van der Waals surface area contributed by atoms with Crippen molar-refractivity contribution in [2.24, 2.45) is 0 Å². The van der Waals surface area contributed by atoms with Crippen molar-refractivity contribution in [3.63, 3.8) is 0 Å². The van der Waals surface area contributed by atoms with Gasteiger partial charge in [-0.2, -0.15) is 0 Å². The summed E-state index contributed by atoms with van der Waals surface area (Å²) < 4.78 is 25.6. The molecule has 0 bridgehead atoms. The first-order valence-electron chi connectivity index (χ1n) is 8.41. The van der Waals surface area contributed by atoms with Gasteiger partial charge in [-0.15, -0.1) is 6.58 Å². The number of esters is 5. The Balaban J connectivity index is 6.09. The summed E-state index contributed by atoms with van der Waals surface area (Å²) in [5.41, 5.74) is 0. The molecule has 0 aromatic rings. The Bertz CT molecular complexity index is 597. The van der Waals surface area contributed by atoms with Crippen LogP contribution in [0.5, 0.6) is 0 Å². The molecule has 4 atom stereocenters. The van der Waals surface area contributed by atoms with E-state index in [0.29, 0.717) is 0 Å². The summed E-state index contributed by atoms with van der Waals surface area (Å²) in [5, 5.41) is 0. The lowest BCUT2D eigenvalue weighted by atomic mass is 9.99. The van der Waals surface area contributed by atoms with E-state index in [9.17, 15) is 24.0 Å². The number of hydrogen-bond donors (Lipinski definition) is 0. The summed E-state index contributed by atoms with van der Waals surface area (Å²) >= 11 is 0. The fourth-order valence-corrected chi connectivity index (χ4v) is 2.33. The van der Waals surface area contributed by atoms with E-state index < -0.39 is 60.9 Å². The average Bonchev–Trinajstić information content (AvgIpc) is 2.53. The first kappa shape index (κ1) is 25.1. The van der Waals surface area contributed by atoms with Crippen LogP contribution in [0.4, 0.5) is 0 Å². The molecule has 0 rings (SSSR count). The maximum Gasteiger partial charge on any atom is 0.303 e. The summed E-state index contributed by atoms with van der Waals surface area (Å²) in [4.78, 5) is 57.4. The van der Waals surface area contributed by atoms with Gasteiger partial charge in [0.2, 0.25) is 0 Å². The Hall–Kier alpha value is -2.91. The third-order valence-electron chi connectivity index (χ3n) is 3.15. The van der Waals surface area contributed by atoms with Gasteiger partial charge in [-0.1, -0.05) is 6.08 Å². The predicted molar refractivity (Wildman–Crippen MR) is 93.7 cm³/mol. The van der Waals surface area contributed by atoms with Crippen molar-refractivity contribution in [3.05, 3.63) is 12.7 Å². The molecule has 0 aliphatic rings. The minimum absolute atomic E-state index is 0.0373. The number of rotatable bonds is 11. The molecular formula is C18H26O10. The summed E-state index contributed by atoms with van der Waals surface area (Å²) in [5.74, 6) is -3.68. The highest BCUT2D eigenvalue weighted by molar-refractivity contribution is 5.69. The summed E-state index contributed by atoms with van der Waals surface area (Å²) in [6, 6.07) is 0. The Morgan fingerprint density at radius 1 is 0.679 bits per heavy atom. The molecule has 0 heterocycles. The van der Waals surface area contributed by atoms with Crippen molar-refractivity contribution in [1.82, 2.24) is 0 Å². The topological polar surface area (TPSA) is 132 Å². The van der Waals surface area contributed by atoms with E-state index in [-0.39, 0.29) is 6.42 Å². The molecule has 158 valence electrons. The molecule has 10 heteroatoms. The van der Waals surface area contributed by atoms with Crippen LogP contribution in [0, 0.1) is 0 Å². The first-order valence-corrected chi connectivity index (χ1v) is 8.41. The Morgan fingerprint density at radius 2 is 1.07 bits per heavy atom. The van der Waals surface area contributed by atoms with Crippen molar-refractivity contribution in [2.75, 3.05) is 6.61 Å². The van der Waals surface area contributed by atoms with Gasteiger partial charge in [0.05, 0.1) is 0 Å². The highest BCUT2D eigenvalue weighted by Crippen LogP contribution is 2.22. The Labute approximate surface area is 163 Å². The van der Waals surface area contributed by atoms with E-state index in [1.807, 2.05) is 0 Å². The number of ether oxygens (including phenoxy) is 5. The quantitative estimate of drug-likeness (QED) is 0.278. The average molecular weight is 402 g/mol.